The van der Waals surface area contributed by atoms with Gasteiger partial charge in [0, 0.05) is 5.75 Å². The zero-order chi connectivity index (χ0) is 8.65. The highest BCUT2D eigenvalue weighted by Gasteiger charge is 1.90. The molecule has 0 aliphatic rings. The molecular formula is C9H9NOS. The summed E-state index contributed by atoms with van der Waals surface area (Å²) in [6.07, 6.45) is 0. The summed E-state index contributed by atoms with van der Waals surface area (Å²) in [4.78, 5) is 0. The van der Waals surface area contributed by atoms with Crippen molar-refractivity contribution in [1.82, 2.24) is 0 Å². The highest BCUT2D eigenvalue weighted by atomic mass is 32.2. The third-order valence-electron chi connectivity index (χ3n) is 1.26. The average molecular weight is 179 g/mol. The van der Waals surface area contributed by atoms with Gasteiger partial charge in [0.25, 0.3) is 0 Å². The van der Waals surface area contributed by atoms with Gasteiger partial charge in [0.2, 0.25) is 0 Å². The summed E-state index contributed by atoms with van der Waals surface area (Å²) in [6, 6.07) is 9.59. The van der Waals surface area contributed by atoms with Gasteiger partial charge in [-0.15, -0.1) is 0 Å². The highest BCUT2D eigenvalue weighted by molar-refractivity contribution is 8.03. The number of thioether (sulfide) groups is 1. The van der Waals surface area contributed by atoms with Crippen LogP contribution in [0.1, 0.15) is 0 Å². The third kappa shape index (κ3) is 3.31. The Kier molecular flexibility index (Phi) is 4.11. The van der Waals surface area contributed by atoms with Crippen LogP contribution in [0.4, 0.5) is 0 Å². The van der Waals surface area contributed by atoms with Gasteiger partial charge in [-0.1, -0.05) is 18.2 Å². The number of para-hydroxylation sites is 1. The van der Waals surface area contributed by atoms with Gasteiger partial charge in [0.15, 0.2) is 0 Å². The van der Waals surface area contributed by atoms with Gasteiger partial charge in [-0.2, -0.15) is 5.26 Å². The minimum Gasteiger partial charge on any atom is -0.493 e. The molecule has 0 aliphatic carbocycles. The van der Waals surface area contributed by atoms with Crippen molar-refractivity contribution in [1.29, 1.82) is 5.26 Å². The number of ether oxygens (including phenoxy) is 1. The summed E-state index contributed by atoms with van der Waals surface area (Å²) in [7, 11) is 0. The Bertz CT molecular complexity index is 255. The van der Waals surface area contributed by atoms with E-state index in [0.717, 1.165) is 5.75 Å². The Labute approximate surface area is 76.2 Å². The molecule has 0 fully saturated rings. The standard InChI is InChI=1S/C9H9NOS/c10-8-12-7-6-11-9-4-2-1-3-5-9/h1-5H,6-7H2. The lowest BCUT2D eigenvalue weighted by Crippen LogP contribution is -1.98. The summed E-state index contributed by atoms with van der Waals surface area (Å²) >= 11 is 1.21. The predicted octanol–water partition coefficient (Wildman–Crippen LogP) is 2.28. The van der Waals surface area contributed by atoms with Crippen molar-refractivity contribution in [2.45, 2.75) is 0 Å². The molecule has 0 spiro atoms. The van der Waals surface area contributed by atoms with E-state index in [1.807, 2.05) is 35.7 Å². The Hall–Kier alpha value is -1.14. The SMILES string of the molecule is N#CSCCOc1ccccc1. The van der Waals surface area contributed by atoms with Gasteiger partial charge < -0.3 is 4.74 Å². The molecule has 0 bridgehead atoms. The molecule has 0 aliphatic heterocycles. The first kappa shape index (κ1) is 8.95. The van der Waals surface area contributed by atoms with Crippen molar-refractivity contribution in [3.8, 4) is 11.2 Å². The monoisotopic (exact) mass is 179 g/mol. The molecule has 0 N–H and O–H groups in total. The van der Waals surface area contributed by atoms with Crippen molar-refractivity contribution < 1.29 is 4.74 Å². The van der Waals surface area contributed by atoms with Crippen molar-refractivity contribution in [3.05, 3.63) is 30.3 Å². The fourth-order valence-corrected chi connectivity index (χ4v) is 1.02. The summed E-state index contributed by atoms with van der Waals surface area (Å²) in [5.74, 6) is 1.57. The van der Waals surface area contributed by atoms with E-state index in [1.165, 1.54) is 11.8 Å². The van der Waals surface area contributed by atoms with Crippen LogP contribution in [0.5, 0.6) is 5.75 Å². The molecule has 3 heteroatoms. The molecule has 0 aromatic heterocycles. The number of thiocyanates is 1. The molecule has 12 heavy (non-hydrogen) atoms. The van der Waals surface area contributed by atoms with E-state index < -0.39 is 0 Å². The topological polar surface area (TPSA) is 33.0 Å². The number of rotatable bonds is 4. The lowest BCUT2D eigenvalue weighted by molar-refractivity contribution is 0.344. The summed E-state index contributed by atoms with van der Waals surface area (Å²) < 4.78 is 5.34. The third-order valence-corrected chi connectivity index (χ3v) is 1.76. The molecule has 0 unspecified atom stereocenters. The van der Waals surface area contributed by atoms with Crippen molar-refractivity contribution in [2.24, 2.45) is 0 Å². The summed E-state index contributed by atoms with van der Waals surface area (Å²) in [5, 5.41) is 10.2. The molecule has 0 atom stereocenters. The van der Waals surface area contributed by atoms with E-state index in [4.69, 9.17) is 10.00 Å². The molecule has 0 amide bonds. The molecular weight excluding hydrogens is 170 g/mol. The molecule has 0 radical (unpaired) electrons. The Morgan fingerprint density at radius 2 is 2.08 bits per heavy atom. The van der Waals surface area contributed by atoms with Gasteiger partial charge in [-0.05, 0) is 23.9 Å². The molecule has 0 saturated heterocycles. The lowest BCUT2D eigenvalue weighted by Gasteiger charge is -2.02. The number of nitrogens with zero attached hydrogens (tertiary/aromatic N) is 1. The van der Waals surface area contributed by atoms with Gasteiger partial charge >= 0.3 is 0 Å². The lowest BCUT2D eigenvalue weighted by atomic mass is 10.3. The molecule has 1 rings (SSSR count). The second-order valence-electron chi connectivity index (χ2n) is 2.10. The first-order chi connectivity index (χ1) is 5.93. The van der Waals surface area contributed by atoms with Crippen molar-refractivity contribution in [3.63, 3.8) is 0 Å². The van der Waals surface area contributed by atoms with E-state index in [9.17, 15) is 0 Å². The van der Waals surface area contributed by atoms with Crippen LogP contribution in [-0.2, 0) is 0 Å². The van der Waals surface area contributed by atoms with Gasteiger partial charge in [-0.25, -0.2) is 0 Å². The van der Waals surface area contributed by atoms with Crippen molar-refractivity contribution in [2.75, 3.05) is 12.4 Å². The molecule has 1 aromatic carbocycles. The molecule has 0 saturated carbocycles. The molecule has 1 aromatic rings. The number of hydrogen-bond donors (Lipinski definition) is 0. The van der Waals surface area contributed by atoms with Crippen molar-refractivity contribution >= 4 is 11.8 Å². The minimum absolute atomic E-state index is 0.586. The van der Waals surface area contributed by atoms with E-state index in [-0.39, 0.29) is 0 Å². The molecule has 62 valence electrons. The number of hydrogen-bond acceptors (Lipinski definition) is 3. The summed E-state index contributed by atoms with van der Waals surface area (Å²) in [6.45, 7) is 0.586. The minimum atomic E-state index is 0.586. The van der Waals surface area contributed by atoms with Crippen LogP contribution < -0.4 is 4.74 Å². The Morgan fingerprint density at radius 1 is 1.33 bits per heavy atom. The van der Waals surface area contributed by atoms with Crippen LogP contribution in [0.3, 0.4) is 0 Å². The van der Waals surface area contributed by atoms with E-state index >= 15 is 0 Å². The van der Waals surface area contributed by atoms with Crippen LogP contribution in [0.2, 0.25) is 0 Å². The van der Waals surface area contributed by atoms with E-state index in [2.05, 4.69) is 0 Å². The second kappa shape index (κ2) is 5.50. The van der Waals surface area contributed by atoms with Gasteiger partial charge in [-0.3, -0.25) is 0 Å². The maximum atomic E-state index is 8.22. The van der Waals surface area contributed by atoms with Crippen LogP contribution in [0.25, 0.3) is 0 Å². The number of benzene rings is 1. The Balaban J connectivity index is 2.21. The van der Waals surface area contributed by atoms with E-state index in [0.29, 0.717) is 12.4 Å². The number of nitriles is 1. The predicted molar refractivity (Wildman–Crippen MR) is 50.0 cm³/mol. The smallest absolute Gasteiger partial charge is 0.133 e. The van der Waals surface area contributed by atoms with Gasteiger partial charge in [0.05, 0.1) is 6.61 Å². The summed E-state index contributed by atoms with van der Waals surface area (Å²) in [5.41, 5.74) is 0. The fraction of sp³-hybridized carbons (Fsp3) is 0.222. The normalized spacial score (nSPS) is 8.92. The zero-order valence-corrected chi connectivity index (χ0v) is 7.38. The van der Waals surface area contributed by atoms with Crippen LogP contribution in [-0.4, -0.2) is 12.4 Å². The maximum Gasteiger partial charge on any atom is 0.133 e. The van der Waals surface area contributed by atoms with Crippen LogP contribution in [0.15, 0.2) is 30.3 Å². The highest BCUT2D eigenvalue weighted by Crippen LogP contribution is 2.08. The van der Waals surface area contributed by atoms with Crippen LogP contribution >= 0.6 is 11.8 Å². The maximum absolute atomic E-state index is 8.22. The molecule has 2 nitrogen and oxygen atoms in total. The zero-order valence-electron chi connectivity index (χ0n) is 6.56. The Morgan fingerprint density at radius 3 is 2.75 bits per heavy atom. The van der Waals surface area contributed by atoms with Gasteiger partial charge in [0.1, 0.15) is 11.2 Å². The second-order valence-corrected chi connectivity index (χ2v) is 2.98. The quantitative estimate of drug-likeness (QED) is 0.525. The van der Waals surface area contributed by atoms with E-state index in [1.54, 1.807) is 0 Å². The average Bonchev–Trinajstić information content (AvgIpc) is 2.14. The molecule has 0 heterocycles. The fourth-order valence-electron chi connectivity index (χ4n) is 0.764. The first-order valence-corrected chi connectivity index (χ1v) is 4.61. The first-order valence-electron chi connectivity index (χ1n) is 3.62. The van der Waals surface area contributed by atoms with Crippen LogP contribution in [0, 0.1) is 10.7 Å². The largest absolute Gasteiger partial charge is 0.493 e.